The van der Waals surface area contributed by atoms with Gasteiger partial charge >= 0.3 is 0 Å². The minimum atomic E-state index is 0.0309. The van der Waals surface area contributed by atoms with Crippen molar-refractivity contribution in [2.75, 3.05) is 24.6 Å². The summed E-state index contributed by atoms with van der Waals surface area (Å²) in [7, 11) is 0. The molecule has 1 heterocycles. The van der Waals surface area contributed by atoms with Crippen LogP contribution in [0.1, 0.15) is 6.42 Å². The number of amides is 1. The first-order chi connectivity index (χ1) is 7.20. The molecule has 0 atom stereocenters. The van der Waals surface area contributed by atoms with E-state index in [0.717, 1.165) is 31.0 Å². The van der Waals surface area contributed by atoms with Crippen molar-refractivity contribution in [1.29, 1.82) is 0 Å². The fourth-order valence-electron chi connectivity index (χ4n) is 1.28. The first-order valence-electron chi connectivity index (χ1n) is 4.76. The molecule has 1 fully saturated rings. The first-order valence-corrected chi connectivity index (χ1v) is 6.67. The molecule has 1 aliphatic heterocycles. The van der Waals surface area contributed by atoms with Crippen LogP contribution in [0.4, 0.5) is 0 Å². The minimum absolute atomic E-state index is 0.0309. The number of rotatable bonds is 2. The molecule has 84 valence electrons. The molecule has 2 nitrogen and oxygen atoms in total. The van der Waals surface area contributed by atoms with Gasteiger partial charge in [-0.05, 0) is 18.2 Å². The van der Waals surface area contributed by atoms with Crippen molar-refractivity contribution in [3.63, 3.8) is 0 Å². The Kier molecular flexibility index (Phi) is 6.22. The SMILES string of the molecule is O=C(/C=C/C=C(Cl)Cl)N1CCCSCC1. The van der Waals surface area contributed by atoms with Gasteiger partial charge in [-0.1, -0.05) is 29.3 Å². The number of hydrogen-bond acceptors (Lipinski definition) is 2. The predicted octanol–water partition coefficient (Wildman–Crippen LogP) is 2.83. The lowest BCUT2D eigenvalue weighted by molar-refractivity contribution is -0.125. The van der Waals surface area contributed by atoms with Crippen LogP contribution >= 0.6 is 35.0 Å². The van der Waals surface area contributed by atoms with Crippen molar-refractivity contribution in [3.8, 4) is 0 Å². The molecular formula is C10H13Cl2NOS. The Morgan fingerprint density at radius 2 is 2.07 bits per heavy atom. The largest absolute Gasteiger partial charge is 0.338 e. The highest BCUT2D eigenvalue weighted by Crippen LogP contribution is 2.10. The summed E-state index contributed by atoms with van der Waals surface area (Å²) in [6, 6.07) is 0. The lowest BCUT2D eigenvalue weighted by Crippen LogP contribution is -2.31. The molecule has 0 N–H and O–H groups in total. The van der Waals surface area contributed by atoms with E-state index < -0.39 is 0 Å². The van der Waals surface area contributed by atoms with Gasteiger partial charge in [0.2, 0.25) is 5.91 Å². The Morgan fingerprint density at radius 3 is 2.80 bits per heavy atom. The zero-order valence-corrected chi connectivity index (χ0v) is 10.6. The first kappa shape index (κ1) is 12.9. The van der Waals surface area contributed by atoms with Crippen LogP contribution in [0, 0.1) is 0 Å². The van der Waals surface area contributed by atoms with E-state index in [2.05, 4.69) is 0 Å². The average molecular weight is 266 g/mol. The Labute approximate surface area is 104 Å². The lowest BCUT2D eigenvalue weighted by atomic mass is 10.3. The molecule has 1 aliphatic rings. The third kappa shape index (κ3) is 5.50. The van der Waals surface area contributed by atoms with Gasteiger partial charge in [0.15, 0.2) is 0 Å². The van der Waals surface area contributed by atoms with E-state index in [1.807, 2.05) is 16.7 Å². The number of carbonyl (C=O) groups is 1. The second kappa shape index (κ2) is 7.20. The van der Waals surface area contributed by atoms with Crippen LogP contribution in [0.25, 0.3) is 0 Å². The number of carbonyl (C=O) groups excluding carboxylic acids is 1. The van der Waals surface area contributed by atoms with Crippen LogP contribution in [0.2, 0.25) is 0 Å². The maximum atomic E-state index is 11.6. The summed E-state index contributed by atoms with van der Waals surface area (Å²) >= 11 is 12.7. The number of halogens is 2. The maximum absolute atomic E-state index is 11.6. The normalized spacial score (nSPS) is 17.6. The minimum Gasteiger partial charge on any atom is -0.338 e. The van der Waals surface area contributed by atoms with E-state index in [-0.39, 0.29) is 10.4 Å². The smallest absolute Gasteiger partial charge is 0.246 e. The standard InChI is InChI=1S/C10H13Cl2NOS/c11-9(12)3-1-4-10(14)13-5-2-7-15-8-6-13/h1,3-4H,2,5-8H2/b4-1+. The number of hydrogen-bond donors (Lipinski definition) is 0. The molecule has 5 heteroatoms. The molecule has 15 heavy (non-hydrogen) atoms. The molecule has 0 unspecified atom stereocenters. The maximum Gasteiger partial charge on any atom is 0.246 e. The number of nitrogens with zero attached hydrogens (tertiary/aromatic N) is 1. The second-order valence-electron chi connectivity index (χ2n) is 3.11. The van der Waals surface area contributed by atoms with Crippen LogP contribution in [0.5, 0.6) is 0 Å². The fraction of sp³-hybridized carbons (Fsp3) is 0.500. The van der Waals surface area contributed by atoms with E-state index >= 15 is 0 Å². The molecule has 0 spiro atoms. The highest BCUT2D eigenvalue weighted by Gasteiger charge is 2.12. The van der Waals surface area contributed by atoms with Gasteiger partial charge in [0.05, 0.1) is 0 Å². The average Bonchev–Trinajstić information content (AvgIpc) is 2.44. The molecule has 0 aromatic heterocycles. The van der Waals surface area contributed by atoms with Crippen LogP contribution in [-0.4, -0.2) is 35.4 Å². The van der Waals surface area contributed by atoms with Gasteiger partial charge in [0, 0.05) is 24.9 Å². The van der Waals surface area contributed by atoms with Crippen LogP contribution in [0.3, 0.4) is 0 Å². The van der Waals surface area contributed by atoms with E-state index in [0.29, 0.717) is 0 Å². The van der Waals surface area contributed by atoms with Gasteiger partial charge in [-0.25, -0.2) is 0 Å². The molecule has 0 radical (unpaired) electrons. The summed E-state index contributed by atoms with van der Waals surface area (Å²) in [5, 5.41) is 0. The zero-order valence-electron chi connectivity index (χ0n) is 8.29. The molecule has 1 saturated heterocycles. The highest BCUT2D eigenvalue weighted by molar-refractivity contribution is 7.99. The van der Waals surface area contributed by atoms with E-state index in [9.17, 15) is 4.79 Å². The van der Waals surface area contributed by atoms with Gasteiger partial charge < -0.3 is 4.90 Å². The van der Waals surface area contributed by atoms with Crippen molar-refractivity contribution in [2.45, 2.75) is 6.42 Å². The third-order valence-corrected chi connectivity index (χ3v) is 3.30. The van der Waals surface area contributed by atoms with Crippen molar-refractivity contribution in [1.82, 2.24) is 4.90 Å². The molecule has 1 rings (SSSR count). The summed E-state index contributed by atoms with van der Waals surface area (Å²) in [5.74, 6) is 2.19. The Balaban J connectivity index is 2.44. The Morgan fingerprint density at radius 1 is 1.27 bits per heavy atom. The Hall–Kier alpha value is -0.120. The summed E-state index contributed by atoms with van der Waals surface area (Å²) in [5.41, 5.74) is 0. The summed E-state index contributed by atoms with van der Waals surface area (Å²) < 4.78 is 0.158. The van der Waals surface area contributed by atoms with Gasteiger partial charge in [-0.3, -0.25) is 4.79 Å². The molecule has 1 amide bonds. The molecule has 0 aromatic carbocycles. The molecule has 0 aromatic rings. The Bertz CT molecular complexity index is 267. The fourth-order valence-corrected chi connectivity index (χ4v) is 2.31. The molecular weight excluding hydrogens is 253 g/mol. The van der Waals surface area contributed by atoms with Crippen LogP contribution in [0.15, 0.2) is 22.7 Å². The summed E-state index contributed by atoms with van der Waals surface area (Å²) in [6.45, 7) is 1.67. The van der Waals surface area contributed by atoms with Gasteiger partial charge in [-0.15, -0.1) is 0 Å². The third-order valence-electron chi connectivity index (χ3n) is 1.99. The predicted molar refractivity (Wildman–Crippen MR) is 67.5 cm³/mol. The topological polar surface area (TPSA) is 20.3 Å². The molecule has 0 bridgehead atoms. The quantitative estimate of drug-likeness (QED) is 0.566. The number of allylic oxidation sites excluding steroid dienone is 2. The van der Waals surface area contributed by atoms with Crippen molar-refractivity contribution >= 4 is 40.9 Å². The van der Waals surface area contributed by atoms with Crippen molar-refractivity contribution in [2.24, 2.45) is 0 Å². The highest BCUT2D eigenvalue weighted by atomic mass is 35.5. The number of thioether (sulfide) groups is 1. The van der Waals surface area contributed by atoms with Crippen LogP contribution < -0.4 is 0 Å². The van der Waals surface area contributed by atoms with Gasteiger partial charge in [0.25, 0.3) is 0 Å². The molecule has 0 saturated carbocycles. The van der Waals surface area contributed by atoms with Crippen molar-refractivity contribution in [3.05, 3.63) is 22.7 Å². The zero-order chi connectivity index (χ0) is 11.1. The second-order valence-corrected chi connectivity index (χ2v) is 5.34. The van der Waals surface area contributed by atoms with E-state index in [1.165, 1.54) is 12.2 Å². The van der Waals surface area contributed by atoms with Crippen LogP contribution in [-0.2, 0) is 4.79 Å². The van der Waals surface area contributed by atoms with Gasteiger partial charge in [0.1, 0.15) is 4.49 Å². The van der Waals surface area contributed by atoms with Gasteiger partial charge in [-0.2, -0.15) is 11.8 Å². The van der Waals surface area contributed by atoms with E-state index in [4.69, 9.17) is 23.2 Å². The molecule has 0 aliphatic carbocycles. The van der Waals surface area contributed by atoms with E-state index in [1.54, 1.807) is 6.08 Å². The van der Waals surface area contributed by atoms with Crippen molar-refractivity contribution < 1.29 is 4.79 Å². The lowest BCUT2D eigenvalue weighted by Gasteiger charge is -2.17. The summed E-state index contributed by atoms with van der Waals surface area (Å²) in [6.07, 6.45) is 5.64. The summed E-state index contributed by atoms with van der Waals surface area (Å²) in [4.78, 5) is 13.5. The monoisotopic (exact) mass is 265 g/mol.